The van der Waals surface area contributed by atoms with Gasteiger partial charge in [-0.3, -0.25) is 0 Å². The number of hydrogen-bond acceptors (Lipinski definition) is 3. The molecular formula is C13H26N2O. The van der Waals surface area contributed by atoms with Crippen LogP contribution in [0.4, 0.5) is 0 Å². The first kappa shape index (κ1) is 12.3. The Balaban J connectivity index is 1.67. The maximum absolute atomic E-state index is 6.03. The molecule has 16 heavy (non-hydrogen) atoms. The Morgan fingerprint density at radius 2 is 2.06 bits per heavy atom. The average Bonchev–Trinajstić information content (AvgIpc) is 2.89. The molecule has 0 bridgehead atoms. The van der Waals surface area contributed by atoms with Crippen molar-refractivity contribution in [2.75, 3.05) is 33.2 Å². The summed E-state index contributed by atoms with van der Waals surface area (Å²) in [6.07, 6.45) is 6.16. The summed E-state index contributed by atoms with van der Waals surface area (Å²) in [5.41, 5.74) is 0. The molecule has 3 nitrogen and oxygen atoms in total. The molecule has 1 N–H and O–H groups in total. The molecule has 2 heterocycles. The maximum atomic E-state index is 6.03. The van der Waals surface area contributed by atoms with E-state index in [0.29, 0.717) is 12.2 Å². The Morgan fingerprint density at radius 3 is 2.75 bits per heavy atom. The van der Waals surface area contributed by atoms with Gasteiger partial charge in [0.05, 0.1) is 12.2 Å². The van der Waals surface area contributed by atoms with Crippen LogP contribution >= 0.6 is 0 Å². The van der Waals surface area contributed by atoms with Crippen LogP contribution in [-0.2, 0) is 4.74 Å². The molecule has 2 aliphatic heterocycles. The van der Waals surface area contributed by atoms with Gasteiger partial charge in [-0.05, 0) is 38.8 Å². The summed E-state index contributed by atoms with van der Waals surface area (Å²) in [5.74, 6) is 0.939. The zero-order chi connectivity index (χ0) is 11.4. The first-order valence-corrected chi connectivity index (χ1v) is 6.84. The van der Waals surface area contributed by atoms with Crippen molar-refractivity contribution in [3.8, 4) is 0 Å². The lowest BCUT2D eigenvalue weighted by molar-refractivity contribution is 0.0277. The van der Waals surface area contributed by atoms with Crippen molar-refractivity contribution in [2.24, 2.45) is 5.92 Å². The summed E-state index contributed by atoms with van der Waals surface area (Å²) in [5, 5.41) is 3.20. The number of likely N-dealkylation sites (N-methyl/N-ethyl adjacent to an activating group) is 1. The van der Waals surface area contributed by atoms with E-state index < -0.39 is 0 Å². The van der Waals surface area contributed by atoms with Crippen LogP contribution in [0.3, 0.4) is 0 Å². The van der Waals surface area contributed by atoms with Crippen LogP contribution in [0, 0.1) is 5.92 Å². The fraction of sp³-hybridized carbons (Fsp3) is 1.00. The molecule has 3 atom stereocenters. The minimum atomic E-state index is 0.458. The molecule has 3 unspecified atom stereocenters. The molecule has 0 aliphatic carbocycles. The van der Waals surface area contributed by atoms with Gasteiger partial charge in [-0.15, -0.1) is 0 Å². The summed E-state index contributed by atoms with van der Waals surface area (Å²) >= 11 is 0. The van der Waals surface area contributed by atoms with E-state index in [0.717, 1.165) is 19.0 Å². The molecule has 3 heteroatoms. The van der Waals surface area contributed by atoms with Crippen LogP contribution in [0.15, 0.2) is 0 Å². The van der Waals surface area contributed by atoms with Crippen LogP contribution in [-0.4, -0.2) is 50.3 Å². The standard InChI is InChI=1S/C13H26N2O/c1-3-11-6-7-15(9-11)10-13-5-4-12(16-13)8-14-2/h11-14H,3-10H2,1-2H3. The van der Waals surface area contributed by atoms with Crippen molar-refractivity contribution in [2.45, 2.75) is 44.8 Å². The van der Waals surface area contributed by atoms with Crippen molar-refractivity contribution in [1.29, 1.82) is 0 Å². The molecule has 0 saturated carbocycles. The van der Waals surface area contributed by atoms with Crippen LogP contribution in [0.5, 0.6) is 0 Å². The minimum absolute atomic E-state index is 0.458. The minimum Gasteiger partial charge on any atom is -0.372 e. The molecule has 0 spiro atoms. The molecule has 0 aromatic heterocycles. The third-order valence-corrected chi connectivity index (χ3v) is 4.04. The van der Waals surface area contributed by atoms with E-state index in [9.17, 15) is 0 Å². The van der Waals surface area contributed by atoms with Crippen molar-refractivity contribution in [1.82, 2.24) is 10.2 Å². The first-order chi connectivity index (χ1) is 7.81. The first-order valence-electron chi connectivity index (χ1n) is 6.84. The highest BCUT2D eigenvalue weighted by molar-refractivity contribution is 4.81. The quantitative estimate of drug-likeness (QED) is 0.768. The number of hydrogen-bond donors (Lipinski definition) is 1. The number of nitrogens with zero attached hydrogens (tertiary/aromatic N) is 1. The van der Waals surface area contributed by atoms with Gasteiger partial charge in [-0.2, -0.15) is 0 Å². The van der Waals surface area contributed by atoms with Gasteiger partial charge in [-0.25, -0.2) is 0 Å². The van der Waals surface area contributed by atoms with E-state index in [4.69, 9.17) is 4.74 Å². The predicted molar refractivity (Wildman–Crippen MR) is 66.7 cm³/mol. The lowest BCUT2D eigenvalue weighted by atomic mass is 10.1. The largest absolute Gasteiger partial charge is 0.372 e. The monoisotopic (exact) mass is 226 g/mol. The van der Waals surface area contributed by atoms with Crippen LogP contribution in [0.1, 0.15) is 32.6 Å². The lowest BCUT2D eigenvalue weighted by Gasteiger charge is -2.21. The summed E-state index contributed by atoms with van der Waals surface area (Å²) in [7, 11) is 2.00. The summed E-state index contributed by atoms with van der Waals surface area (Å²) in [4.78, 5) is 2.60. The lowest BCUT2D eigenvalue weighted by Crippen LogP contribution is -2.32. The highest BCUT2D eigenvalue weighted by Crippen LogP contribution is 2.24. The maximum Gasteiger partial charge on any atom is 0.0707 e. The smallest absolute Gasteiger partial charge is 0.0707 e. The second-order valence-electron chi connectivity index (χ2n) is 5.34. The van der Waals surface area contributed by atoms with E-state index >= 15 is 0 Å². The summed E-state index contributed by atoms with van der Waals surface area (Å²) in [6, 6.07) is 0. The molecule has 0 aromatic rings. The normalized spacial score (nSPS) is 36.0. The van der Waals surface area contributed by atoms with Crippen molar-refractivity contribution in [3.05, 3.63) is 0 Å². The zero-order valence-corrected chi connectivity index (χ0v) is 10.7. The number of ether oxygens (including phenoxy) is 1. The number of nitrogens with one attached hydrogen (secondary N) is 1. The van der Waals surface area contributed by atoms with Crippen LogP contribution < -0.4 is 5.32 Å². The van der Waals surface area contributed by atoms with Crippen molar-refractivity contribution >= 4 is 0 Å². The molecule has 0 radical (unpaired) electrons. The third-order valence-electron chi connectivity index (χ3n) is 4.04. The Bertz CT molecular complexity index is 210. The van der Waals surface area contributed by atoms with Gasteiger partial charge < -0.3 is 15.0 Å². The van der Waals surface area contributed by atoms with Gasteiger partial charge in [0.15, 0.2) is 0 Å². The van der Waals surface area contributed by atoms with Crippen LogP contribution in [0.2, 0.25) is 0 Å². The molecule has 0 aromatic carbocycles. The molecule has 2 fully saturated rings. The molecular weight excluding hydrogens is 200 g/mol. The van der Waals surface area contributed by atoms with Gasteiger partial charge in [0.1, 0.15) is 0 Å². The Kier molecular flexibility index (Phi) is 4.62. The zero-order valence-electron chi connectivity index (χ0n) is 10.7. The Hall–Kier alpha value is -0.120. The summed E-state index contributed by atoms with van der Waals surface area (Å²) < 4.78 is 6.03. The van der Waals surface area contributed by atoms with Gasteiger partial charge >= 0.3 is 0 Å². The van der Waals surface area contributed by atoms with E-state index in [-0.39, 0.29) is 0 Å². The van der Waals surface area contributed by atoms with Crippen molar-refractivity contribution in [3.63, 3.8) is 0 Å². The second-order valence-corrected chi connectivity index (χ2v) is 5.34. The van der Waals surface area contributed by atoms with Gasteiger partial charge in [0, 0.05) is 19.6 Å². The van der Waals surface area contributed by atoms with Gasteiger partial charge in [-0.1, -0.05) is 13.3 Å². The van der Waals surface area contributed by atoms with E-state index in [1.807, 2.05) is 7.05 Å². The van der Waals surface area contributed by atoms with Gasteiger partial charge in [0.2, 0.25) is 0 Å². The summed E-state index contributed by atoms with van der Waals surface area (Å²) in [6.45, 7) is 7.07. The number of likely N-dealkylation sites (tertiary alicyclic amines) is 1. The highest BCUT2D eigenvalue weighted by atomic mass is 16.5. The molecule has 2 saturated heterocycles. The SMILES string of the molecule is CCC1CCN(CC2CCC(CNC)O2)C1. The molecule has 2 aliphatic rings. The van der Waals surface area contributed by atoms with Gasteiger partial charge in [0.25, 0.3) is 0 Å². The van der Waals surface area contributed by atoms with Crippen molar-refractivity contribution < 1.29 is 4.74 Å². The molecule has 2 rings (SSSR count). The van der Waals surface area contributed by atoms with Crippen LogP contribution in [0.25, 0.3) is 0 Å². The van der Waals surface area contributed by atoms with E-state index in [2.05, 4.69) is 17.1 Å². The topological polar surface area (TPSA) is 24.5 Å². The average molecular weight is 226 g/mol. The predicted octanol–water partition coefficient (Wildman–Crippen LogP) is 1.49. The third kappa shape index (κ3) is 3.19. The Labute approximate surface area is 99.5 Å². The Morgan fingerprint density at radius 1 is 1.25 bits per heavy atom. The van der Waals surface area contributed by atoms with E-state index in [1.165, 1.54) is 38.8 Å². The number of rotatable bonds is 5. The highest BCUT2D eigenvalue weighted by Gasteiger charge is 2.29. The fourth-order valence-electron chi connectivity index (χ4n) is 2.99. The second kappa shape index (κ2) is 5.99. The van der Waals surface area contributed by atoms with E-state index in [1.54, 1.807) is 0 Å². The molecule has 0 amide bonds. The fourth-order valence-corrected chi connectivity index (χ4v) is 2.99. The molecule has 94 valence electrons.